The number of dihydropyridines is 1. The van der Waals surface area contributed by atoms with Crippen molar-refractivity contribution in [1.82, 2.24) is 20.6 Å². The average molecular weight is 417 g/mol. The first kappa shape index (κ1) is 18.5. The highest BCUT2D eigenvalue weighted by Crippen LogP contribution is 2.51. The highest BCUT2D eigenvalue weighted by atomic mass is 19.1. The van der Waals surface area contributed by atoms with Gasteiger partial charge >= 0.3 is 0 Å². The van der Waals surface area contributed by atoms with Gasteiger partial charge in [-0.25, -0.2) is 14.4 Å². The van der Waals surface area contributed by atoms with Crippen molar-refractivity contribution >= 4 is 11.7 Å². The zero-order valence-electron chi connectivity index (χ0n) is 17.3. The monoisotopic (exact) mass is 417 g/mol. The van der Waals surface area contributed by atoms with Crippen LogP contribution in [0.4, 0.5) is 10.2 Å². The molecule has 0 spiro atoms. The smallest absolute Gasteiger partial charge is 0.252 e. The minimum atomic E-state index is -0.357. The van der Waals surface area contributed by atoms with E-state index in [9.17, 15) is 9.18 Å². The molecular weight excluding hydrogens is 393 g/mol. The summed E-state index contributed by atoms with van der Waals surface area (Å²) in [5, 5.41) is 6.91. The number of hydrogen-bond acceptors (Lipinski definition) is 5. The molecule has 2 aliphatic heterocycles. The minimum Gasteiger partial charge on any atom is -0.378 e. The highest BCUT2D eigenvalue weighted by molar-refractivity contribution is 5.95. The molecule has 3 unspecified atom stereocenters. The van der Waals surface area contributed by atoms with Crippen molar-refractivity contribution in [2.24, 2.45) is 5.92 Å². The summed E-state index contributed by atoms with van der Waals surface area (Å²) in [4.78, 5) is 24.0. The number of hydrogen-bond donors (Lipinski definition) is 2. The number of allylic oxidation sites excluding steroid dienone is 2. The summed E-state index contributed by atoms with van der Waals surface area (Å²) in [5.41, 5.74) is 2.42. The molecule has 0 radical (unpaired) electrons. The van der Waals surface area contributed by atoms with Crippen LogP contribution in [0.25, 0.3) is 0 Å². The maximum Gasteiger partial charge on any atom is 0.252 e. The second-order valence-corrected chi connectivity index (χ2v) is 9.04. The van der Waals surface area contributed by atoms with E-state index in [4.69, 9.17) is 0 Å². The van der Waals surface area contributed by atoms with Crippen LogP contribution in [0, 0.1) is 18.7 Å². The standard InChI is InChI=1S/C24H24FN5O/c1-14-26-11-8-22(27-14)30-19-6-7-21(28-18(19)12-16-13-20(16)30)24(9-10-24)29-23(31)15-2-4-17(25)5-3-15/h2-8,11,16,18,20,28H,9-10,12-13H2,1H3,(H,29,31). The molecule has 1 amide bonds. The molecule has 0 bridgehead atoms. The van der Waals surface area contributed by atoms with Gasteiger partial charge in [-0.15, -0.1) is 0 Å². The van der Waals surface area contributed by atoms with Gasteiger partial charge in [0.1, 0.15) is 17.5 Å². The predicted octanol–water partition coefficient (Wildman–Crippen LogP) is 3.22. The van der Waals surface area contributed by atoms with Crippen LogP contribution in [0.15, 0.2) is 60.1 Å². The van der Waals surface area contributed by atoms with Crippen molar-refractivity contribution < 1.29 is 9.18 Å². The third-order valence-electron chi connectivity index (χ3n) is 6.87. The fourth-order valence-electron chi connectivity index (χ4n) is 4.97. The third kappa shape index (κ3) is 3.19. The Bertz CT molecular complexity index is 1120. The van der Waals surface area contributed by atoms with Crippen molar-refractivity contribution in [3.8, 4) is 0 Å². The van der Waals surface area contributed by atoms with E-state index in [-0.39, 0.29) is 23.3 Å². The van der Waals surface area contributed by atoms with Gasteiger partial charge in [0, 0.05) is 29.2 Å². The van der Waals surface area contributed by atoms with E-state index in [0.717, 1.165) is 36.6 Å². The molecule has 7 heteroatoms. The van der Waals surface area contributed by atoms with E-state index >= 15 is 0 Å². The van der Waals surface area contributed by atoms with E-state index < -0.39 is 0 Å². The predicted molar refractivity (Wildman–Crippen MR) is 115 cm³/mol. The zero-order valence-corrected chi connectivity index (χ0v) is 17.3. The van der Waals surface area contributed by atoms with Gasteiger partial charge in [0.2, 0.25) is 0 Å². The lowest BCUT2D eigenvalue weighted by Gasteiger charge is -2.40. The maximum atomic E-state index is 13.2. The van der Waals surface area contributed by atoms with Crippen molar-refractivity contribution in [2.45, 2.75) is 50.2 Å². The van der Waals surface area contributed by atoms with Crippen molar-refractivity contribution in [3.05, 3.63) is 77.3 Å². The second-order valence-electron chi connectivity index (χ2n) is 9.04. The fraction of sp³-hybridized carbons (Fsp3) is 0.375. The SMILES string of the molecule is Cc1nccc(N2C3=CC=C(C4(NC(=O)c5ccc(F)cc5)CC4)NC3CC3CC32)n1. The van der Waals surface area contributed by atoms with Crippen molar-refractivity contribution in [1.29, 1.82) is 0 Å². The molecule has 2 aliphatic carbocycles. The minimum absolute atomic E-state index is 0.168. The molecule has 3 atom stereocenters. The van der Waals surface area contributed by atoms with Gasteiger partial charge in [0.25, 0.3) is 5.91 Å². The first-order valence-electron chi connectivity index (χ1n) is 10.9. The number of halogens is 1. The molecule has 4 aliphatic rings. The summed E-state index contributed by atoms with van der Waals surface area (Å²) in [6.07, 6.45) is 10.2. The Kier molecular flexibility index (Phi) is 3.97. The Hall–Kier alpha value is -3.22. The molecule has 6 nitrogen and oxygen atoms in total. The summed E-state index contributed by atoms with van der Waals surface area (Å²) in [6, 6.07) is 8.39. The van der Waals surface area contributed by atoms with Gasteiger partial charge in [-0.05, 0) is 81.0 Å². The normalized spacial score (nSPS) is 27.2. The lowest BCUT2D eigenvalue weighted by molar-refractivity contribution is 0.0936. The van der Waals surface area contributed by atoms with E-state index in [1.165, 1.54) is 36.4 Å². The Balaban J connectivity index is 1.26. The summed E-state index contributed by atoms with van der Waals surface area (Å²) < 4.78 is 13.2. The molecule has 31 heavy (non-hydrogen) atoms. The molecule has 158 valence electrons. The number of piperidine rings is 1. The number of benzene rings is 1. The number of carbonyl (C=O) groups excluding carboxylic acids is 1. The van der Waals surface area contributed by atoms with Crippen LogP contribution in [0.1, 0.15) is 41.9 Å². The third-order valence-corrected chi connectivity index (χ3v) is 6.87. The Morgan fingerprint density at radius 2 is 2.00 bits per heavy atom. The molecule has 6 rings (SSSR count). The van der Waals surface area contributed by atoms with Crippen LogP contribution in [0.3, 0.4) is 0 Å². The number of amides is 1. The van der Waals surface area contributed by atoms with Gasteiger partial charge in [-0.2, -0.15) is 0 Å². The Morgan fingerprint density at radius 3 is 2.74 bits per heavy atom. The maximum absolute atomic E-state index is 13.2. The van der Waals surface area contributed by atoms with E-state index in [0.29, 0.717) is 17.5 Å². The van der Waals surface area contributed by atoms with E-state index in [1.54, 1.807) is 0 Å². The van der Waals surface area contributed by atoms with E-state index in [2.05, 4.69) is 37.7 Å². The zero-order chi connectivity index (χ0) is 21.2. The van der Waals surface area contributed by atoms with Crippen LogP contribution >= 0.6 is 0 Å². The molecular formula is C24H24FN5O. The number of rotatable bonds is 4. The number of nitrogens with one attached hydrogen (secondary N) is 2. The summed E-state index contributed by atoms with van der Waals surface area (Å²) in [7, 11) is 0. The van der Waals surface area contributed by atoms with Crippen LogP contribution in [-0.4, -0.2) is 33.5 Å². The Labute approximate surface area is 180 Å². The molecule has 2 N–H and O–H groups in total. The molecule has 1 aromatic heterocycles. The van der Waals surface area contributed by atoms with Gasteiger partial charge in [-0.1, -0.05) is 0 Å². The molecule has 3 heterocycles. The summed E-state index contributed by atoms with van der Waals surface area (Å²) in [5.74, 6) is 1.89. The second kappa shape index (κ2) is 6.64. The van der Waals surface area contributed by atoms with Crippen molar-refractivity contribution in [3.63, 3.8) is 0 Å². The molecule has 1 aromatic carbocycles. The van der Waals surface area contributed by atoms with Gasteiger partial charge in [-0.3, -0.25) is 4.79 Å². The van der Waals surface area contributed by atoms with Gasteiger partial charge in [0.15, 0.2) is 0 Å². The molecule has 1 saturated heterocycles. The summed E-state index contributed by atoms with van der Waals surface area (Å²) >= 11 is 0. The lowest BCUT2D eigenvalue weighted by Crippen LogP contribution is -2.51. The number of carbonyl (C=O) groups is 1. The van der Waals surface area contributed by atoms with Gasteiger partial charge in [0.05, 0.1) is 11.6 Å². The van der Waals surface area contributed by atoms with Crippen LogP contribution in [0.5, 0.6) is 0 Å². The quantitative estimate of drug-likeness (QED) is 0.799. The van der Waals surface area contributed by atoms with Crippen LogP contribution in [0.2, 0.25) is 0 Å². The van der Waals surface area contributed by atoms with Crippen LogP contribution < -0.4 is 15.5 Å². The topological polar surface area (TPSA) is 70.2 Å². The highest BCUT2D eigenvalue weighted by Gasteiger charge is 2.54. The number of fused-ring (bicyclic) bond motifs is 2. The average Bonchev–Trinajstić information content (AvgIpc) is 3.68. The molecule has 3 fully saturated rings. The molecule has 2 aromatic rings. The van der Waals surface area contributed by atoms with Gasteiger partial charge < -0.3 is 15.5 Å². The number of nitrogens with zero attached hydrogens (tertiary/aromatic N) is 3. The summed E-state index contributed by atoms with van der Waals surface area (Å²) in [6.45, 7) is 1.92. The number of aryl methyl sites for hydroxylation is 1. The first-order valence-corrected chi connectivity index (χ1v) is 10.9. The number of anilines is 1. The largest absolute Gasteiger partial charge is 0.378 e. The number of aromatic nitrogens is 2. The molecule has 2 saturated carbocycles. The fourth-order valence-corrected chi connectivity index (χ4v) is 4.97. The lowest BCUT2D eigenvalue weighted by atomic mass is 9.95. The van der Waals surface area contributed by atoms with Crippen molar-refractivity contribution in [2.75, 3.05) is 4.90 Å². The first-order chi connectivity index (χ1) is 15.0. The Morgan fingerprint density at radius 1 is 1.19 bits per heavy atom. The van der Waals surface area contributed by atoms with E-state index in [1.807, 2.05) is 19.2 Å². The van der Waals surface area contributed by atoms with Crippen LogP contribution in [-0.2, 0) is 0 Å².